The molecule has 0 amide bonds. The van der Waals surface area contributed by atoms with Crippen LogP contribution in [0.2, 0.25) is 5.15 Å². The number of allylic oxidation sites excluding steroid dienone is 2. The van der Waals surface area contributed by atoms with Crippen molar-refractivity contribution in [1.82, 2.24) is 4.98 Å². The first-order chi connectivity index (χ1) is 6.25. The molecule has 1 aliphatic rings. The zero-order valence-electron chi connectivity index (χ0n) is 7.06. The van der Waals surface area contributed by atoms with Crippen molar-refractivity contribution in [2.24, 2.45) is 0 Å². The van der Waals surface area contributed by atoms with Gasteiger partial charge in [-0.2, -0.15) is 0 Å². The quantitative estimate of drug-likeness (QED) is 0.692. The maximum Gasteiger partial charge on any atom is 0.130 e. The van der Waals surface area contributed by atoms with E-state index in [1.807, 2.05) is 6.07 Å². The molecule has 0 radical (unpaired) electrons. The highest BCUT2D eigenvalue weighted by molar-refractivity contribution is 9.10. The zero-order valence-corrected chi connectivity index (χ0v) is 9.40. The molecule has 0 bridgehead atoms. The van der Waals surface area contributed by atoms with Crippen LogP contribution in [0.4, 0.5) is 0 Å². The summed E-state index contributed by atoms with van der Waals surface area (Å²) in [4.78, 5) is 4.28. The average Bonchev–Trinajstić information content (AvgIpc) is 2.53. The highest BCUT2D eigenvalue weighted by Crippen LogP contribution is 2.28. The molecular weight excluding hydrogens is 249 g/mol. The predicted octanol–water partition coefficient (Wildman–Crippen LogP) is 4.06. The lowest BCUT2D eigenvalue weighted by Gasteiger charge is -2.02. The van der Waals surface area contributed by atoms with Crippen molar-refractivity contribution in [1.29, 1.82) is 0 Å². The summed E-state index contributed by atoms with van der Waals surface area (Å²) in [6.07, 6.45) is 5.77. The molecule has 1 aliphatic carbocycles. The van der Waals surface area contributed by atoms with Crippen LogP contribution < -0.4 is 0 Å². The molecule has 0 atom stereocenters. The first-order valence-corrected chi connectivity index (χ1v) is 5.45. The van der Waals surface area contributed by atoms with E-state index in [0.717, 1.165) is 16.6 Å². The highest BCUT2D eigenvalue weighted by atomic mass is 79.9. The molecule has 13 heavy (non-hydrogen) atoms. The molecule has 1 aromatic rings. The summed E-state index contributed by atoms with van der Waals surface area (Å²) in [7, 11) is 0. The van der Waals surface area contributed by atoms with Gasteiger partial charge in [0.1, 0.15) is 5.15 Å². The van der Waals surface area contributed by atoms with Crippen molar-refractivity contribution in [2.75, 3.05) is 0 Å². The maximum atomic E-state index is 5.86. The number of rotatable bonds is 1. The predicted molar refractivity (Wildman–Crippen MR) is 58.8 cm³/mol. The summed E-state index contributed by atoms with van der Waals surface area (Å²) >= 11 is 9.27. The largest absolute Gasteiger partial charge is 0.236 e. The van der Waals surface area contributed by atoms with E-state index in [4.69, 9.17) is 11.6 Å². The second-order valence-corrected chi connectivity index (χ2v) is 4.42. The fourth-order valence-electron chi connectivity index (χ4n) is 1.53. The third-order valence-corrected chi connectivity index (χ3v) is 2.78. The van der Waals surface area contributed by atoms with E-state index in [9.17, 15) is 0 Å². The van der Waals surface area contributed by atoms with Gasteiger partial charge in [-0.15, -0.1) is 0 Å². The molecule has 1 nitrogen and oxygen atoms in total. The Labute approximate surface area is 91.0 Å². The van der Waals surface area contributed by atoms with Gasteiger partial charge in [0, 0.05) is 4.47 Å². The molecule has 0 aliphatic heterocycles. The molecule has 0 saturated heterocycles. The van der Waals surface area contributed by atoms with Crippen LogP contribution in [0, 0.1) is 0 Å². The Morgan fingerprint density at radius 1 is 1.38 bits per heavy atom. The second-order valence-electron chi connectivity index (χ2n) is 3.11. The lowest BCUT2D eigenvalue weighted by Crippen LogP contribution is -1.87. The van der Waals surface area contributed by atoms with Crippen molar-refractivity contribution in [3.63, 3.8) is 0 Å². The second kappa shape index (κ2) is 3.81. The number of pyridine rings is 1. The van der Waals surface area contributed by atoms with Crippen LogP contribution in [-0.4, -0.2) is 4.98 Å². The maximum absolute atomic E-state index is 5.86. The summed E-state index contributed by atoms with van der Waals surface area (Å²) in [5, 5.41) is 0.553. The van der Waals surface area contributed by atoms with Crippen LogP contribution >= 0.6 is 27.5 Å². The lowest BCUT2D eigenvalue weighted by atomic mass is 10.1. The van der Waals surface area contributed by atoms with Crippen LogP contribution in [0.5, 0.6) is 0 Å². The van der Waals surface area contributed by atoms with Gasteiger partial charge >= 0.3 is 0 Å². The average molecular weight is 259 g/mol. The fourth-order valence-corrected chi connectivity index (χ4v) is 2.31. The fraction of sp³-hybridized carbons (Fsp3) is 0.300. The Hall–Kier alpha value is -0.340. The Balaban J connectivity index is 2.39. The van der Waals surface area contributed by atoms with Gasteiger partial charge in [0.05, 0.1) is 5.69 Å². The number of nitrogens with zero attached hydrogens (tertiary/aromatic N) is 1. The third kappa shape index (κ3) is 2.12. The van der Waals surface area contributed by atoms with Crippen LogP contribution in [0.1, 0.15) is 25.0 Å². The minimum Gasteiger partial charge on any atom is -0.236 e. The summed E-state index contributed by atoms with van der Waals surface area (Å²) in [5.41, 5.74) is 2.33. The minimum absolute atomic E-state index is 0.553. The van der Waals surface area contributed by atoms with Crippen LogP contribution in [0.25, 0.3) is 5.57 Å². The Bertz CT molecular complexity index is 340. The molecule has 1 heterocycles. The van der Waals surface area contributed by atoms with Gasteiger partial charge < -0.3 is 0 Å². The topological polar surface area (TPSA) is 12.9 Å². The SMILES string of the molecule is Clc1cc(Br)cc(C2=CCCC2)n1. The Morgan fingerprint density at radius 2 is 2.23 bits per heavy atom. The molecule has 0 aromatic carbocycles. The number of hydrogen-bond acceptors (Lipinski definition) is 1. The van der Waals surface area contributed by atoms with Gasteiger partial charge in [-0.3, -0.25) is 0 Å². The Kier molecular flexibility index (Phi) is 2.70. The molecule has 0 fully saturated rings. The van der Waals surface area contributed by atoms with Gasteiger partial charge in [-0.25, -0.2) is 4.98 Å². The van der Waals surface area contributed by atoms with E-state index < -0.39 is 0 Å². The molecule has 0 N–H and O–H groups in total. The van der Waals surface area contributed by atoms with Crippen molar-refractivity contribution in [3.05, 3.63) is 33.5 Å². The lowest BCUT2D eigenvalue weighted by molar-refractivity contribution is 0.932. The summed E-state index contributed by atoms with van der Waals surface area (Å²) < 4.78 is 0.996. The minimum atomic E-state index is 0.553. The van der Waals surface area contributed by atoms with Crippen LogP contribution in [0.3, 0.4) is 0 Å². The zero-order chi connectivity index (χ0) is 9.26. The van der Waals surface area contributed by atoms with E-state index in [2.05, 4.69) is 27.0 Å². The van der Waals surface area contributed by atoms with Gasteiger partial charge in [0.15, 0.2) is 0 Å². The van der Waals surface area contributed by atoms with E-state index >= 15 is 0 Å². The molecule has 68 valence electrons. The molecule has 0 unspecified atom stereocenters. The molecule has 1 aromatic heterocycles. The van der Waals surface area contributed by atoms with Gasteiger partial charge in [0.2, 0.25) is 0 Å². The Morgan fingerprint density at radius 3 is 2.85 bits per heavy atom. The van der Waals surface area contributed by atoms with E-state index in [1.54, 1.807) is 6.07 Å². The standard InChI is InChI=1S/C10H9BrClN/c11-8-5-9(13-10(12)6-8)7-3-1-2-4-7/h3,5-6H,1-2,4H2. The molecule has 0 spiro atoms. The number of hydrogen-bond donors (Lipinski definition) is 0. The van der Waals surface area contributed by atoms with E-state index in [0.29, 0.717) is 5.15 Å². The monoisotopic (exact) mass is 257 g/mol. The normalized spacial score (nSPS) is 16.0. The van der Waals surface area contributed by atoms with Crippen molar-refractivity contribution < 1.29 is 0 Å². The molecule has 0 saturated carbocycles. The molecule has 2 rings (SSSR count). The van der Waals surface area contributed by atoms with Gasteiger partial charge in [-0.05, 0) is 37.0 Å². The summed E-state index contributed by atoms with van der Waals surface area (Å²) in [6.45, 7) is 0. The first-order valence-electron chi connectivity index (χ1n) is 4.28. The number of aromatic nitrogens is 1. The molecule has 3 heteroatoms. The summed E-state index contributed by atoms with van der Waals surface area (Å²) in [5.74, 6) is 0. The summed E-state index contributed by atoms with van der Waals surface area (Å²) in [6, 6.07) is 3.82. The van der Waals surface area contributed by atoms with Crippen molar-refractivity contribution in [2.45, 2.75) is 19.3 Å². The van der Waals surface area contributed by atoms with Crippen molar-refractivity contribution >= 4 is 33.1 Å². The first kappa shape index (κ1) is 9.22. The van der Waals surface area contributed by atoms with Gasteiger partial charge in [0.25, 0.3) is 0 Å². The van der Waals surface area contributed by atoms with Crippen LogP contribution in [0.15, 0.2) is 22.7 Å². The van der Waals surface area contributed by atoms with Crippen LogP contribution in [-0.2, 0) is 0 Å². The van der Waals surface area contributed by atoms with Gasteiger partial charge in [-0.1, -0.05) is 33.6 Å². The third-order valence-electron chi connectivity index (χ3n) is 2.13. The van der Waals surface area contributed by atoms with Crippen molar-refractivity contribution in [3.8, 4) is 0 Å². The molecular formula is C10H9BrClN. The smallest absolute Gasteiger partial charge is 0.130 e. The number of halogens is 2. The van der Waals surface area contributed by atoms with E-state index in [1.165, 1.54) is 18.4 Å². The highest BCUT2D eigenvalue weighted by Gasteiger charge is 2.09. The van der Waals surface area contributed by atoms with E-state index in [-0.39, 0.29) is 0 Å².